The van der Waals surface area contributed by atoms with E-state index in [1.165, 1.54) is 40.5 Å². The second kappa shape index (κ2) is 32.6. The van der Waals surface area contributed by atoms with Crippen molar-refractivity contribution in [1.29, 1.82) is 10.5 Å². The van der Waals surface area contributed by atoms with Crippen LogP contribution in [-0.2, 0) is 20.6 Å². The van der Waals surface area contributed by atoms with E-state index in [4.69, 9.17) is 29.2 Å². The number of anilines is 1. The van der Waals surface area contributed by atoms with Gasteiger partial charge < -0.3 is 30.0 Å². The van der Waals surface area contributed by atoms with Crippen LogP contribution in [-0.4, -0.2) is 39.0 Å². The number of fused-ring (bicyclic) bond motifs is 9. The van der Waals surface area contributed by atoms with Crippen LogP contribution in [0.25, 0.3) is 75.8 Å². The van der Waals surface area contributed by atoms with Crippen LogP contribution >= 0.6 is 135 Å². The number of aromatic carboxylic acids is 1. The second-order valence-corrected chi connectivity index (χ2v) is 31.2. The highest BCUT2D eigenvalue weighted by Gasteiger charge is 2.22. The smallest absolute Gasteiger partial charge is 0.339 e. The van der Waals surface area contributed by atoms with Crippen molar-refractivity contribution in [2.75, 3.05) is 5.32 Å². The van der Waals surface area contributed by atoms with E-state index in [-0.39, 0.29) is 17.8 Å². The van der Waals surface area contributed by atoms with Crippen molar-refractivity contribution in [3.8, 4) is 40.4 Å². The topological polar surface area (TPSA) is 219 Å². The molecule has 13 rings (SSSR count). The van der Waals surface area contributed by atoms with Gasteiger partial charge in [-0.05, 0) is 199 Å². The molecule has 12 aromatic rings. The van der Waals surface area contributed by atoms with Gasteiger partial charge in [0.2, 0.25) is 23.7 Å². The highest BCUT2D eigenvalue weighted by atomic mass is 79.9. The van der Waals surface area contributed by atoms with Crippen LogP contribution in [0.2, 0.25) is 0 Å². The molecule has 2 aromatic heterocycles. The maximum Gasteiger partial charge on any atom is 0.339 e. The first-order chi connectivity index (χ1) is 45.0. The molecule has 15 nitrogen and oxygen atoms in total. The summed E-state index contributed by atoms with van der Waals surface area (Å²) in [6.45, 7) is 15.2. The van der Waals surface area contributed by atoms with Crippen molar-refractivity contribution in [3.05, 3.63) is 277 Å². The lowest BCUT2D eigenvalue weighted by molar-refractivity contribution is -0.120. The molecule has 25 heteroatoms. The van der Waals surface area contributed by atoms with Crippen LogP contribution in [0.3, 0.4) is 0 Å². The quantitative estimate of drug-likeness (QED) is 0.0747. The molecule has 10 aromatic carbocycles. The van der Waals surface area contributed by atoms with Gasteiger partial charge in [-0.15, -0.1) is 0 Å². The number of aromatic nitrogens is 2. The van der Waals surface area contributed by atoms with Crippen LogP contribution in [0.1, 0.15) is 43.0 Å². The summed E-state index contributed by atoms with van der Waals surface area (Å²) in [4.78, 5) is 49.1. The number of hydrogen-bond donors (Lipinski definition) is 3. The highest BCUT2D eigenvalue weighted by molar-refractivity contribution is 9.11. The number of benzene rings is 10. The zero-order valence-corrected chi connectivity index (χ0v) is 60.5. The van der Waals surface area contributed by atoms with Gasteiger partial charge >= 0.3 is 11.2 Å². The SMILES string of the molecule is NC(=O)c1cc(Br)c(NC=O)cc1Br.O=COc1cc(Br)c(C(=O)O)cc1Br.O=P(Cl)(Cl)Cl.[C-]#[N+]c1cc(-n2c3ccccc3c3ccccc32)c(C#N)cc1-n1c2ccccc2c2ccccc21.[C-]#[N+]c1cc(Br)c(C#N)cc1Br.c1ccc2c(c1)Cc1ccccc1-2. The van der Waals surface area contributed by atoms with Crippen molar-refractivity contribution in [2.45, 2.75) is 6.42 Å². The number of carboxylic acid groups (broad SMARTS) is 1. The van der Waals surface area contributed by atoms with Crippen LogP contribution in [0, 0.1) is 35.8 Å². The molecule has 0 bridgehead atoms. The van der Waals surface area contributed by atoms with E-state index < -0.39 is 17.1 Å². The molecule has 0 radical (unpaired) electrons. The van der Waals surface area contributed by atoms with Gasteiger partial charge in [-0.25, -0.2) is 14.5 Å². The fourth-order valence-electron chi connectivity index (χ4n) is 10.0. The summed E-state index contributed by atoms with van der Waals surface area (Å²) in [7, 11) is 0. The van der Waals surface area contributed by atoms with Crippen LogP contribution in [0.15, 0.2) is 221 Å². The summed E-state index contributed by atoms with van der Waals surface area (Å²) in [5, 5.41) is 31.4. The van der Waals surface area contributed by atoms with Gasteiger partial charge in [0.1, 0.15) is 17.9 Å². The Kier molecular flexibility index (Phi) is 24.8. The standard InChI is InChI=1S/C32H18N4.C13H10.C8H6Br2N2O2.C8H2Br2N2.C8H4Br2O4.Cl3OP/c1-34-26-19-31(35-27-14-6-2-10-22(27)23-11-3-7-15-28(23)35)21(20-33)18-32(26)36-29-16-8-4-12-24(29)25-13-5-9-17-30(25)36;1-3-7-12-10(5-1)9-11-6-2-4-8-13(11)12;9-5-2-7(12-3-13)6(10)1-4(5)8(11)14;1-12-8-3-6(9)5(4-11)2-7(8)10;9-5-2-7(14-3-11)6(10)1-4(5)8(12)13;1-5(2,3)4/h2-19H;1-8H,9H2;1-3H,(H2,11,14)(H,12,13);2-3H;1-3H,(H,12,13);. The zero-order chi connectivity index (χ0) is 68.0. The number of halogens is 9. The zero-order valence-electron chi connectivity index (χ0n) is 47.8. The number of rotatable bonds is 8. The Hall–Kier alpha value is -8.38. The number of hydrogen-bond acceptors (Lipinski definition) is 8. The molecule has 94 heavy (non-hydrogen) atoms. The maximum absolute atomic E-state index is 10.9. The summed E-state index contributed by atoms with van der Waals surface area (Å²) in [6, 6.07) is 67.4. The van der Waals surface area contributed by atoms with Gasteiger partial charge in [-0.1, -0.05) is 153 Å². The number of para-hydroxylation sites is 4. The molecule has 1 aliphatic rings. The number of nitrogens with one attached hydrogen (secondary N) is 1. The third-order valence-corrected chi connectivity index (χ3v) is 17.8. The predicted molar refractivity (Wildman–Crippen MR) is 394 cm³/mol. The molecule has 0 aliphatic heterocycles. The molecule has 2 heterocycles. The van der Waals surface area contributed by atoms with E-state index in [1.807, 2.05) is 66.7 Å². The van der Waals surface area contributed by atoms with Gasteiger partial charge in [-0.3, -0.25) is 18.9 Å². The van der Waals surface area contributed by atoms with Crippen molar-refractivity contribution in [3.63, 3.8) is 0 Å². The number of amides is 2. The summed E-state index contributed by atoms with van der Waals surface area (Å²) in [5.74, 6) is -1.33. The summed E-state index contributed by atoms with van der Waals surface area (Å²) < 4.78 is 21.5. The lowest BCUT2D eigenvalue weighted by Crippen LogP contribution is -2.12. The number of carbonyl (C=O) groups is 4. The van der Waals surface area contributed by atoms with Gasteiger partial charge in [-0.2, -0.15) is 10.5 Å². The van der Waals surface area contributed by atoms with Gasteiger partial charge in [0.05, 0.1) is 79.0 Å². The fourth-order valence-corrected chi connectivity index (χ4v) is 12.8. The third-order valence-electron chi connectivity index (χ3n) is 13.9. The molecular weight excluding hydrogens is 1670 g/mol. The molecule has 2 amide bonds. The lowest BCUT2D eigenvalue weighted by atomic mass is 10.1. The number of ether oxygens (including phenoxy) is 1. The van der Waals surface area contributed by atoms with Crippen LogP contribution in [0.4, 0.5) is 17.1 Å². The minimum Gasteiger partial charge on any atom is -0.478 e. The Morgan fingerprint density at radius 2 is 0.989 bits per heavy atom. The maximum atomic E-state index is 10.9. The monoisotopic (exact) mass is 1700 g/mol. The van der Waals surface area contributed by atoms with Gasteiger partial charge in [0.15, 0.2) is 0 Å². The number of carboxylic acids is 1. The average molecular weight is 1710 g/mol. The normalized spacial score (nSPS) is 10.6. The highest BCUT2D eigenvalue weighted by Crippen LogP contribution is 2.61. The van der Waals surface area contributed by atoms with Gasteiger partial charge in [0.25, 0.3) is 6.47 Å². The first-order valence-electron chi connectivity index (χ1n) is 26.9. The third kappa shape index (κ3) is 16.9. The Morgan fingerprint density at radius 1 is 0.553 bits per heavy atom. The van der Waals surface area contributed by atoms with E-state index in [9.17, 15) is 29.0 Å². The lowest BCUT2D eigenvalue weighted by Gasteiger charge is -2.15. The van der Waals surface area contributed by atoms with Crippen molar-refractivity contribution in [2.24, 2.45) is 5.73 Å². The molecule has 466 valence electrons. The van der Waals surface area contributed by atoms with Crippen molar-refractivity contribution in [1.82, 2.24) is 9.13 Å². The predicted octanol–water partition coefficient (Wildman–Crippen LogP) is 22.3. The Bertz CT molecular complexity index is 4790. The van der Waals surface area contributed by atoms with E-state index in [0.717, 1.165) is 50.0 Å². The first-order valence-corrected chi connectivity index (χ1v) is 36.1. The molecule has 0 fully saturated rings. The summed E-state index contributed by atoms with van der Waals surface area (Å²) in [6.07, 6.45) is 1.66. The minimum absolute atomic E-state index is 0.0927. The van der Waals surface area contributed by atoms with E-state index in [0.29, 0.717) is 78.4 Å². The second-order valence-electron chi connectivity index (χ2n) is 19.4. The number of primary amides is 1. The Balaban J connectivity index is 0.000000163. The van der Waals surface area contributed by atoms with Gasteiger partial charge in [0, 0.05) is 43.9 Å². The van der Waals surface area contributed by atoms with Crippen LogP contribution < -0.4 is 15.8 Å². The fraction of sp³-hybridized carbons (Fsp3) is 0.0145. The summed E-state index contributed by atoms with van der Waals surface area (Å²) >= 11 is 32.8. The Morgan fingerprint density at radius 3 is 1.43 bits per heavy atom. The molecule has 0 saturated carbocycles. The first kappa shape index (κ1) is 71.5. The summed E-state index contributed by atoms with van der Waals surface area (Å²) in [5.41, 5.74) is 19.4. The molecular formula is C69H40Br6Cl3N8O7P. The molecule has 0 saturated heterocycles. The van der Waals surface area contributed by atoms with E-state index in [1.54, 1.807) is 18.2 Å². The average Bonchev–Trinajstić information content (AvgIpc) is 1.56. The molecule has 0 atom stereocenters. The largest absolute Gasteiger partial charge is 0.478 e. The molecule has 0 unspecified atom stereocenters. The van der Waals surface area contributed by atoms with Crippen LogP contribution in [0.5, 0.6) is 5.75 Å². The van der Waals surface area contributed by atoms with Crippen molar-refractivity contribution >= 4 is 220 Å². The van der Waals surface area contributed by atoms with E-state index >= 15 is 0 Å². The minimum atomic E-state index is -3.22. The number of nitrogens with two attached hydrogens (primary N) is 1. The number of nitriles is 2. The molecule has 1 aliphatic carbocycles. The van der Waals surface area contributed by atoms with E-state index in [2.05, 4.69) is 261 Å². The Labute approximate surface area is 602 Å². The molecule has 0 spiro atoms. The number of carbonyl (C=O) groups excluding carboxylic acids is 3. The number of nitrogens with zero attached hydrogens (tertiary/aromatic N) is 6. The molecule has 4 N–H and O–H groups in total. The van der Waals surface area contributed by atoms with Crippen molar-refractivity contribution < 1.29 is 33.6 Å².